The van der Waals surface area contributed by atoms with Gasteiger partial charge in [0.25, 0.3) is 11.8 Å². The standard InChI is InChI=1S/C23H29ClN4O2/c1-17-7-9-19(10-8-17)26-22(29)16-27-11-13-28(14-12-27)23(30)15-25-18(2)20-5-3-4-6-21(20)24/h3-10,18,25H,11-16H2,1-2H3,(H,26,29)/p+2/t18-/m0/s1. The van der Waals surface area contributed by atoms with Gasteiger partial charge < -0.3 is 20.4 Å². The van der Waals surface area contributed by atoms with E-state index >= 15 is 0 Å². The molecule has 160 valence electrons. The van der Waals surface area contributed by atoms with Crippen LogP contribution < -0.4 is 15.5 Å². The Morgan fingerprint density at radius 3 is 2.47 bits per heavy atom. The molecule has 2 aromatic carbocycles. The van der Waals surface area contributed by atoms with E-state index in [4.69, 9.17) is 11.6 Å². The van der Waals surface area contributed by atoms with Crippen LogP contribution in [-0.4, -0.2) is 56.0 Å². The SMILES string of the molecule is Cc1ccc(NC(=O)C[NH+]2CCN(C(=O)C[NH2+][C@@H](C)c3ccccc3Cl)CC2)cc1. The zero-order chi connectivity index (χ0) is 21.5. The first-order chi connectivity index (χ1) is 14.4. The van der Waals surface area contributed by atoms with Gasteiger partial charge in [-0.15, -0.1) is 0 Å². The highest BCUT2D eigenvalue weighted by molar-refractivity contribution is 6.31. The van der Waals surface area contributed by atoms with Crippen LogP contribution >= 0.6 is 11.6 Å². The van der Waals surface area contributed by atoms with E-state index in [1.165, 1.54) is 4.90 Å². The Morgan fingerprint density at radius 2 is 1.80 bits per heavy atom. The molecule has 30 heavy (non-hydrogen) atoms. The maximum atomic E-state index is 12.6. The smallest absolute Gasteiger partial charge is 0.279 e. The highest BCUT2D eigenvalue weighted by Crippen LogP contribution is 2.19. The number of nitrogens with one attached hydrogen (secondary N) is 2. The maximum absolute atomic E-state index is 12.6. The first kappa shape index (κ1) is 22.3. The van der Waals surface area contributed by atoms with Gasteiger partial charge in [0, 0.05) is 16.3 Å². The molecule has 2 amide bonds. The van der Waals surface area contributed by atoms with Crippen molar-refractivity contribution in [2.24, 2.45) is 0 Å². The van der Waals surface area contributed by atoms with Crippen LogP contribution in [0.2, 0.25) is 5.02 Å². The van der Waals surface area contributed by atoms with Gasteiger partial charge in [0.1, 0.15) is 6.04 Å². The molecule has 1 aliphatic heterocycles. The fraction of sp³-hybridized carbons (Fsp3) is 0.391. The normalized spacial score (nSPS) is 15.6. The van der Waals surface area contributed by atoms with Gasteiger partial charge in [-0.3, -0.25) is 9.59 Å². The number of halogens is 1. The fourth-order valence-electron chi connectivity index (χ4n) is 3.70. The minimum absolute atomic E-state index is 0.00975. The molecule has 1 atom stereocenters. The van der Waals surface area contributed by atoms with Crippen LogP contribution in [0.4, 0.5) is 5.69 Å². The number of anilines is 1. The second-order valence-corrected chi connectivity index (χ2v) is 8.38. The first-order valence-electron chi connectivity index (χ1n) is 10.5. The third-order valence-electron chi connectivity index (χ3n) is 5.61. The molecule has 1 heterocycles. The average Bonchev–Trinajstić information content (AvgIpc) is 2.74. The highest BCUT2D eigenvalue weighted by Gasteiger charge is 2.26. The lowest BCUT2D eigenvalue weighted by atomic mass is 10.1. The Kier molecular flexibility index (Phi) is 7.85. The summed E-state index contributed by atoms with van der Waals surface area (Å²) in [4.78, 5) is 28.0. The molecule has 0 aliphatic carbocycles. The first-order valence-corrected chi connectivity index (χ1v) is 10.9. The lowest BCUT2D eigenvalue weighted by molar-refractivity contribution is -0.895. The Balaban J connectivity index is 1.39. The summed E-state index contributed by atoms with van der Waals surface area (Å²) in [5.74, 6) is 0.146. The van der Waals surface area contributed by atoms with Crippen LogP contribution in [0.25, 0.3) is 0 Å². The number of quaternary nitrogens is 2. The topological polar surface area (TPSA) is 70.5 Å². The number of hydrogen-bond donors (Lipinski definition) is 3. The fourth-order valence-corrected chi connectivity index (χ4v) is 4.00. The summed E-state index contributed by atoms with van der Waals surface area (Å²) in [6.45, 7) is 7.83. The van der Waals surface area contributed by atoms with Gasteiger partial charge in [-0.2, -0.15) is 0 Å². The van der Waals surface area contributed by atoms with E-state index in [0.717, 1.165) is 34.9 Å². The largest absolute Gasteiger partial charge is 0.332 e. The van der Waals surface area contributed by atoms with E-state index in [1.54, 1.807) is 0 Å². The molecule has 2 aromatic rings. The molecule has 1 aliphatic rings. The van der Waals surface area contributed by atoms with Crippen molar-refractivity contribution in [2.45, 2.75) is 19.9 Å². The number of benzene rings is 2. The van der Waals surface area contributed by atoms with E-state index < -0.39 is 0 Å². The van der Waals surface area contributed by atoms with E-state index in [2.05, 4.69) is 12.2 Å². The van der Waals surface area contributed by atoms with Crippen molar-refractivity contribution in [2.75, 3.05) is 44.6 Å². The number of carbonyl (C=O) groups excluding carboxylic acids is 2. The molecule has 0 radical (unpaired) electrons. The van der Waals surface area contributed by atoms with Crippen molar-refractivity contribution < 1.29 is 19.8 Å². The van der Waals surface area contributed by atoms with Crippen LogP contribution in [0.1, 0.15) is 24.1 Å². The Morgan fingerprint density at radius 1 is 1.13 bits per heavy atom. The van der Waals surface area contributed by atoms with Gasteiger partial charge >= 0.3 is 0 Å². The van der Waals surface area contributed by atoms with Crippen LogP contribution in [0.3, 0.4) is 0 Å². The molecule has 6 nitrogen and oxygen atoms in total. The molecule has 4 N–H and O–H groups in total. The van der Waals surface area contributed by atoms with Gasteiger partial charge in [-0.05, 0) is 32.0 Å². The summed E-state index contributed by atoms with van der Waals surface area (Å²) < 4.78 is 0. The number of amides is 2. The quantitative estimate of drug-likeness (QED) is 0.603. The van der Waals surface area contributed by atoms with E-state index in [0.29, 0.717) is 26.2 Å². The minimum Gasteiger partial charge on any atom is -0.332 e. The number of nitrogens with two attached hydrogens (primary N) is 1. The summed E-state index contributed by atoms with van der Waals surface area (Å²) in [6.07, 6.45) is 0. The van der Waals surface area contributed by atoms with Crippen molar-refractivity contribution in [1.29, 1.82) is 0 Å². The van der Waals surface area contributed by atoms with Crippen molar-refractivity contribution in [3.05, 3.63) is 64.7 Å². The van der Waals surface area contributed by atoms with E-state index in [9.17, 15) is 9.59 Å². The monoisotopic (exact) mass is 430 g/mol. The molecule has 3 rings (SSSR count). The summed E-state index contributed by atoms with van der Waals surface area (Å²) in [5.41, 5.74) is 3.03. The molecule has 7 heteroatoms. The molecular formula is C23H31ClN4O2+2. The summed E-state index contributed by atoms with van der Waals surface area (Å²) >= 11 is 6.25. The molecule has 0 unspecified atom stereocenters. The summed E-state index contributed by atoms with van der Waals surface area (Å²) in [7, 11) is 0. The summed E-state index contributed by atoms with van der Waals surface area (Å²) in [5, 5.41) is 5.70. The number of hydrogen-bond acceptors (Lipinski definition) is 2. The van der Waals surface area contributed by atoms with Crippen LogP contribution in [0, 0.1) is 6.92 Å². The number of rotatable bonds is 7. The van der Waals surface area contributed by atoms with Gasteiger partial charge in [0.05, 0.1) is 26.2 Å². The highest BCUT2D eigenvalue weighted by atomic mass is 35.5. The predicted octanol–water partition coefficient (Wildman–Crippen LogP) is 0.639. The van der Waals surface area contributed by atoms with Crippen LogP contribution in [-0.2, 0) is 9.59 Å². The van der Waals surface area contributed by atoms with Crippen LogP contribution in [0.5, 0.6) is 0 Å². The minimum atomic E-state index is 0.00975. The molecule has 0 spiro atoms. The van der Waals surface area contributed by atoms with Crippen molar-refractivity contribution in [1.82, 2.24) is 4.90 Å². The summed E-state index contributed by atoms with van der Waals surface area (Å²) in [6, 6.07) is 15.7. The molecule has 0 aromatic heterocycles. The van der Waals surface area contributed by atoms with Gasteiger partial charge in [-0.25, -0.2) is 0 Å². The second-order valence-electron chi connectivity index (χ2n) is 7.97. The maximum Gasteiger partial charge on any atom is 0.279 e. The number of piperazine rings is 1. The molecule has 1 fully saturated rings. The zero-order valence-corrected chi connectivity index (χ0v) is 18.4. The lowest BCUT2D eigenvalue weighted by Crippen LogP contribution is -3.15. The Labute approximate surface area is 183 Å². The van der Waals surface area contributed by atoms with Crippen molar-refractivity contribution in [3.8, 4) is 0 Å². The molecular weight excluding hydrogens is 400 g/mol. The number of carbonyl (C=O) groups is 2. The van der Waals surface area contributed by atoms with E-state index in [-0.39, 0.29) is 17.9 Å². The van der Waals surface area contributed by atoms with Crippen molar-refractivity contribution in [3.63, 3.8) is 0 Å². The van der Waals surface area contributed by atoms with Crippen LogP contribution in [0.15, 0.2) is 48.5 Å². The predicted molar refractivity (Wildman–Crippen MR) is 119 cm³/mol. The number of aryl methyl sites for hydroxylation is 1. The third kappa shape index (κ3) is 6.29. The molecule has 1 saturated heterocycles. The van der Waals surface area contributed by atoms with Gasteiger partial charge in [-0.1, -0.05) is 47.5 Å². The van der Waals surface area contributed by atoms with Crippen molar-refractivity contribution >= 4 is 29.1 Å². The van der Waals surface area contributed by atoms with Gasteiger partial charge in [0.15, 0.2) is 13.1 Å². The zero-order valence-electron chi connectivity index (χ0n) is 17.7. The lowest BCUT2D eigenvalue weighted by Gasteiger charge is -2.31. The Bertz CT molecular complexity index is 864. The third-order valence-corrected chi connectivity index (χ3v) is 5.96. The van der Waals surface area contributed by atoms with Gasteiger partial charge in [0.2, 0.25) is 0 Å². The van der Waals surface area contributed by atoms with E-state index in [1.807, 2.05) is 65.7 Å². The number of nitrogens with zero attached hydrogens (tertiary/aromatic N) is 1. The second kappa shape index (κ2) is 10.6. The molecule has 0 bridgehead atoms. The average molecular weight is 431 g/mol. The molecule has 0 saturated carbocycles. The Hall–Kier alpha value is -2.41.